The highest BCUT2D eigenvalue weighted by Crippen LogP contribution is 2.36. The summed E-state index contributed by atoms with van der Waals surface area (Å²) in [6.07, 6.45) is 5.34. The van der Waals surface area contributed by atoms with Gasteiger partial charge in [-0.2, -0.15) is 0 Å². The van der Waals surface area contributed by atoms with Gasteiger partial charge in [0.05, 0.1) is 5.92 Å². The molecular weight excluding hydrogens is 202 g/mol. The molecule has 1 saturated carbocycles. The molecule has 1 N–H and O–H groups in total. The standard InChI is InChI=1S/C13H23NO2/c1-3-10-4-5-12(6-10)14-7-11(8-14)9(2)13(15)16/h9-12H,3-8H2,1-2H3,(H,15,16). The summed E-state index contributed by atoms with van der Waals surface area (Å²) in [6, 6.07) is 0.752. The Labute approximate surface area is 97.8 Å². The van der Waals surface area contributed by atoms with Crippen molar-refractivity contribution in [3.05, 3.63) is 0 Å². The molecule has 1 aliphatic heterocycles. The van der Waals surface area contributed by atoms with Crippen molar-refractivity contribution >= 4 is 5.97 Å². The Morgan fingerprint density at radius 1 is 1.44 bits per heavy atom. The van der Waals surface area contributed by atoms with E-state index in [9.17, 15) is 4.79 Å². The maximum atomic E-state index is 10.8. The highest BCUT2D eigenvalue weighted by atomic mass is 16.4. The van der Waals surface area contributed by atoms with Crippen LogP contribution in [0.2, 0.25) is 0 Å². The van der Waals surface area contributed by atoms with Crippen molar-refractivity contribution in [2.24, 2.45) is 17.8 Å². The lowest BCUT2D eigenvalue weighted by Crippen LogP contribution is -2.54. The molecule has 3 heteroatoms. The third-order valence-electron chi connectivity index (χ3n) is 4.64. The van der Waals surface area contributed by atoms with Crippen molar-refractivity contribution in [2.45, 2.75) is 45.6 Å². The molecule has 1 saturated heterocycles. The molecule has 3 atom stereocenters. The van der Waals surface area contributed by atoms with Gasteiger partial charge in [-0.05, 0) is 31.1 Å². The third-order valence-corrected chi connectivity index (χ3v) is 4.64. The molecule has 2 rings (SSSR count). The lowest BCUT2D eigenvalue weighted by atomic mass is 9.85. The molecule has 92 valence electrons. The maximum Gasteiger partial charge on any atom is 0.306 e. The Morgan fingerprint density at radius 3 is 2.62 bits per heavy atom. The quantitative estimate of drug-likeness (QED) is 0.797. The van der Waals surface area contributed by atoms with Gasteiger partial charge in [-0.1, -0.05) is 20.3 Å². The molecule has 0 radical (unpaired) electrons. The van der Waals surface area contributed by atoms with Crippen molar-refractivity contribution in [2.75, 3.05) is 13.1 Å². The Kier molecular flexibility index (Phi) is 3.53. The minimum atomic E-state index is -0.637. The van der Waals surface area contributed by atoms with Gasteiger partial charge in [0.25, 0.3) is 0 Å². The molecule has 0 aromatic carbocycles. The Hall–Kier alpha value is -0.570. The molecule has 3 nitrogen and oxygen atoms in total. The molecule has 2 aliphatic rings. The van der Waals surface area contributed by atoms with E-state index in [-0.39, 0.29) is 5.92 Å². The normalized spacial score (nSPS) is 33.6. The number of nitrogens with zero attached hydrogens (tertiary/aromatic N) is 1. The van der Waals surface area contributed by atoms with E-state index in [1.165, 1.54) is 25.7 Å². The smallest absolute Gasteiger partial charge is 0.306 e. The number of hydrogen-bond acceptors (Lipinski definition) is 2. The van der Waals surface area contributed by atoms with E-state index in [4.69, 9.17) is 5.11 Å². The van der Waals surface area contributed by atoms with E-state index in [2.05, 4.69) is 11.8 Å². The van der Waals surface area contributed by atoms with Crippen molar-refractivity contribution in [3.8, 4) is 0 Å². The van der Waals surface area contributed by atoms with Crippen molar-refractivity contribution in [1.29, 1.82) is 0 Å². The van der Waals surface area contributed by atoms with Crippen LogP contribution < -0.4 is 0 Å². The Balaban J connectivity index is 1.74. The van der Waals surface area contributed by atoms with Crippen LogP contribution in [0.3, 0.4) is 0 Å². The molecule has 0 amide bonds. The molecule has 1 heterocycles. The van der Waals surface area contributed by atoms with Gasteiger partial charge in [0.15, 0.2) is 0 Å². The van der Waals surface area contributed by atoms with E-state index < -0.39 is 5.97 Å². The van der Waals surface area contributed by atoms with Crippen molar-refractivity contribution in [3.63, 3.8) is 0 Å². The predicted molar refractivity (Wildman–Crippen MR) is 63.3 cm³/mol. The summed E-state index contributed by atoms with van der Waals surface area (Å²) in [5.41, 5.74) is 0. The largest absolute Gasteiger partial charge is 0.481 e. The van der Waals surface area contributed by atoms with Crippen molar-refractivity contribution < 1.29 is 9.90 Å². The van der Waals surface area contributed by atoms with Gasteiger partial charge in [0.2, 0.25) is 0 Å². The number of rotatable bonds is 4. The summed E-state index contributed by atoms with van der Waals surface area (Å²) >= 11 is 0. The van der Waals surface area contributed by atoms with Crippen LogP contribution in [-0.2, 0) is 4.79 Å². The zero-order valence-corrected chi connectivity index (χ0v) is 10.4. The zero-order valence-electron chi connectivity index (χ0n) is 10.4. The van der Waals surface area contributed by atoms with Crippen LogP contribution in [-0.4, -0.2) is 35.1 Å². The van der Waals surface area contributed by atoms with Crippen LogP contribution in [0.25, 0.3) is 0 Å². The molecule has 0 aromatic rings. The molecule has 2 fully saturated rings. The van der Waals surface area contributed by atoms with Gasteiger partial charge in [0, 0.05) is 19.1 Å². The van der Waals surface area contributed by atoms with Gasteiger partial charge in [-0.3, -0.25) is 9.69 Å². The Bertz CT molecular complexity index is 261. The SMILES string of the molecule is CCC1CCC(N2CC(C(C)C(=O)O)C2)C1. The fraction of sp³-hybridized carbons (Fsp3) is 0.923. The summed E-state index contributed by atoms with van der Waals surface area (Å²) in [5, 5.41) is 8.93. The second kappa shape index (κ2) is 4.74. The first-order valence-electron chi connectivity index (χ1n) is 6.58. The molecule has 1 aliphatic carbocycles. The van der Waals surface area contributed by atoms with Gasteiger partial charge < -0.3 is 5.11 Å². The highest BCUT2D eigenvalue weighted by molar-refractivity contribution is 5.70. The van der Waals surface area contributed by atoms with Gasteiger partial charge in [-0.15, -0.1) is 0 Å². The van der Waals surface area contributed by atoms with E-state index in [1.54, 1.807) is 0 Å². The average Bonchev–Trinajstić information content (AvgIpc) is 2.63. The van der Waals surface area contributed by atoms with Crippen LogP contribution in [0.4, 0.5) is 0 Å². The maximum absolute atomic E-state index is 10.8. The molecule has 0 spiro atoms. The third kappa shape index (κ3) is 2.24. The summed E-state index contributed by atoms with van der Waals surface area (Å²) in [6.45, 7) is 6.13. The second-order valence-corrected chi connectivity index (χ2v) is 5.58. The van der Waals surface area contributed by atoms with Gasteiger partial charge in [0.1, 0.15) is 0 Å². The fourth-order valence-corrected chi connectivity index (χ4v) is 3.12. The van der Waals surface area contributed by atoms with E-state index >= 15 is 0 Å². The van der Waals surface area contributed by atoms with Gasteiger partial charge >= 0.3 is 5.97 Å². The number of carboxylic acids is 1. The fourth-order valence-electron chi connectivity index (χ4n) is 3.12. The van der Waals surface area contributed by atoms with Crippen LogP contribution >= 0.6 is 0 Å². The monoisotopic (exact) mass is 225 g/mol. The van der Waals surface area contributed by atoms with Crippen molar-refractivity contribution in [1.82, 2.24) is 4.90 Å². The van der Waals surface area contributed by atoms with Crippen LogP contribution in [0.15, 0.2) is 0 Å². The lowest BCUT2D eigenvalue weighted by Gasteiger charge is -2.45. The minimum absolute atomic E-state index is 0.167. The van der Waals surface area contributed by atoms with Crippen LogP contribution in [0.1, 0.15) is 39.5 Å². The zero-order chi connectivity index (χ0) is 11.7. The highest BCUT2D eigenvalue weighted by Gasteiger charge is 2.39. The minimum Gasteiger partial charge on any atom is -0.481 e. The summed E-state index contributed by atoms with van der Waals surface area (Å²) in [4.78, 5) is 13.3. The lowest BCUT2D eigenvalue weighted by molar-refractivity contribution is -0.146. The molecular formula is C13H23NO2. The number of carbonyl (C=O) groups is 1. The average molecular weight is 225 g/mol. The first kappa shape index (κ1) is 11.9. The van der Waals surface area contributed by atoms with Gasteiger partial charge in [-0.25, -0.2) is 0 Å². The first-order chi connectivity index (χ1) is 7.61. The number of aliphatic carboxylic acids is 1. The number of carboxylic acid groups (broad SMARTS) is 1. The first-order valence-corrected chi connectivity index (χ1v) is 6.58. The van der Waals surface area contributed by atoms with E-state index in [0.29, 0.717) is 5.92 Å². The Morgan fingerprint density at radius 2 is 2.12 bits per heavy atom. The van der Waals surface area contributed by atoms with Crippen LogP contribution in [0.5, 0.6) is 0 Å². The number of hydrogen-bond donors (Lipinski definition) is 1. The molecule has 3 unspecified atom stereocenters. The van der Waals surface area contributed by atoms with Crippen LogP contribution in [0, 0.1) is 17.8 Å². The predicted octanol–water partition coefficient (Wildman–Crippen LogP) is 2.22. The molecule has 16 heavy (non-hydrogen) atoms. The molecule has 0 aromatic heterocycles. The van der Waals surface area contributed by atoms with E-state index in [0.717, 1.165) is 25.0 Å². The summed E-state index contributed by atoms with van der Waals surface area (Å²) < 4.78 is 0. The summed E-state index contributed by atoms with van der Waals surface area (Å²) in [7, 11) is 0. The molecule has 0 bridgehead atoms. The second-order valence-electron chi connectivity index (χ2n) is 5.58. The number of likely N-dealkylation sites (tertiary alicyclic amines) is 1. The van der Waals surface area contributed by atoms with E-state index in [1.807, 2.05) is 6.92 Å². The summed E-state index contributed by atoms with van der Waals surface area (Å²) in [5.74, 6) is 0.501. The topological polar surface area (TPSA) is 40.5 Å².